The van der Waals surface area contributed by atoms with Crippen molar-refractivity contribution in [3.63, 3.8) is 0 Å². The Labute approximate surface area is 212 Å². The molecule has 5 nitrogen and oxygen atoms in total. The van der Waals surface area contributed by atoms with Crippen LogP contribution in [0.5, 0.6) is 11.5 Å². The summed E-state index contributed by atoms with van der Waals surface area (Å²) in [4.78, 5) is 17.6. The summed E-state index contributed by atoms with van der Waals surface area (Å²) in [5.74, 6) is 0.753. The van der Waals surface area contributed by atoms with Crippen molar-refractivity contribution in [1.29, 1.82) is 0 Å². The van der Waals surface area contributed by atoms with Crippen LogP contribution in [0, 0.1) is 6.92 Å². The van der Waals surface area contributed by atoms with Gasteiger partial charge in [0.15, 0.2) is 16.7 Å². The highest BCUT2D eigenvalue weighted by Gasteiger charge is 2.24. The number of rotatable bonds is 7. The van der Waals surface area contributed by atoms with E-state index in [1.807, 2.05) is 62.4 Å². The standard InChI is InChI=1S/C26H22Cl2N2O3S/c1-3-32-22-13-18(12-20(28)24(22)33-15-17-8-5-4-6-9-17)14-23-25(31)30-26(34-23)29-21-11-7-10-19(27)16(21)2/h4-14H,3,15H2,1-2H3,(H,29,30,31)/b23-14+. The second-order valence-corrected chi connectivity index (χ2v) is 9.25. The van der Waals surface area contributed by atoms with Gasteiger partial charge in [-0.05, 0) is 72.6 Å². The van der Waals surface area contributed by atoms with Crippen molar-refractivity contribution in [3.05, 3.63) is 92.3 Å². The molecule has 0 unspecified atom stereocenters. The van der Waals surface area contributed by atoms with Crippen molar-refractivity contribution in [2.75, 3.05) is 6.61 Å². The molecule has 1 saturated heterocycles. The second-order valence-electron chi connectivity index (χ2n) is 7.40. The van der Waals surface area contributed by atoms with Crippen LogP contribution in [0.4, 0.5) is 5.69 Å². The Bertz CT molecular complexity index is 1280. The Hall–Kier alpha value is -2.93. The van der Waals surface area contributed by atoms with E-state index in [2.05, 4.69) is 10.3 Å². The summed E-state index contributed by atoms with van der Waals surface area (Å²) in [7, 11) is 0. The van der Waals surface area contributed by atoms with Gasteiger partial charge < -0.3 is 14.8 Å². The van der Waals surface area contributed by atoms with Crippen molar-refractivity contribution in [1.82, 2.24) is 5.32 Å². The van der Waals surface area contributed by atoms with E-state index < -0.39 is 0 Å². The van der Waals surface area contributed by atoms with Crippen LogP contribution in [0.3, 0.4) is 0 Å². The molecule has 34 heavy (non-hydrogen) atoms. The molecule has 1 amide bonds. The first kappa shape index (κ1) is 24.2. The van der Waals surface area contributed by atoms with Crippen molar-refractivity contribution in [2.24, 2.45) is 4.99 Å². The number of aliphatic imine (C=N–C) groups is 1. The molecule has 8 heteroatoms. The molecule has 1 aliphatic heterocycles. The Morgan fingerprint density at radius 1 is 1.03 bits per heavy atom. The van der Waals surface area contributed by atoms with Crippen molar-refractivity contribution >= 4 is 57.8 Å². The maximum Gasteiger partial charge on any atom is 0.264 e. The number of benzene rings is 3. The molecule has 0 saturated carbocycles. The number of amidine groups is 1. The zero-order valence-electron chi connectivity index (χ0n) is 18.6. The predicted octanol–water partition coefficient (Wildman–Crippen LogP) is 7.17. The number of carbonyl (C=O) groups excluding carboxylic acids is 1. The van der Waals surface area contributed by atoms with E-state index in [-0.39, 0.29) is 5.91 Å². The monoisotopic (exact) mass is 512 g/mol. The van der Waals surface area contributed by atoms with Crippen LogP contribution in [-0.4, -0.2) is 17.7 Å². The summed E-state index contributed by atoms with van der Waals surface area (Å²) in [6, 6.07) is 18.9. The first-order valence-electron chi connectivity index (χ1n) is 10.6. The zero-order valence-corrected chi connectivity index (χ0v) is 20.9. The van der Waals surface area contributed by atoms with Gasteiger partial charge in [-0.3, -0.25) is 4.79 Å². The van der Waals surface area contributed by atoms with E-state index in [1.54, 1.807) is 18.2 Å². The predicted molar refractivity (Wildman–Crippen MR) is 140 cm³/mol. The van der Waals surface area contributed by atoms with Gasteiger partial charge in [0.1, 0.15) is 6.61 Å². The first-order valence-corrected chi connectivity index (χ1v) is 12.2. The van der Waals surface area contributed by atoms with Crippen molar-refractivity contribution < 1.29 is 14.3 Å². The minimum atomic E-state index is -0.234. The van der Waals surface area contributed by atoms with Gasteiger partial charge in [0, 0.05) is 5.02 Å². The molecule has 3 aromatic rings. The number of ether oxygens (including phenoxy) is 2. The highest BCUT2D eigenvalue weighted by atomic mass is 35.5. The molecule has 0 spiro atoms. The minimum Gasteiger partial charge on any atom is -0.490 e. The Morgan fingerprint density at radius 3 is 2.59 bits per heavy atom. The number of halogens is 2. The van der Waals surface area contributed by atoms with Crippen molar-refractivity contribution in [2.45, 2.75) is 20.5 Å². The fourth-order valence-corrected chi connectivity index (χ4v) is 4.54. The lowest BCUT2D eigenvalue weighted by Gasteiger charge is -2.14. The molecular weight excluding hydrogens is 491 g/mol. The number of thioether (sulfide) groups is 1. The number of carbonyl (C=O) groups is 1. The fourth-order valence-electron chi connectivity index (χ4n) is 3.26. The van der Waals surface area contributed by atoms with Crippen LogP contribution in [0.15, 0.2) is 70.6 Å². The van der Waals surface area contributed by atoms with E-state index in [9.17, 15) is 4.79 Å². The third-order valence-electron chi connectivity index (χ3n) is 4.97. The van der Waals surface area contributed by atoms with Crippen LogP contribution < -0.4 is 14.8 Å². The maximum atomic E-state index is 12.6. The zero-order chi connectivity index (χ0) is 24.1. The summed E-state index contributed by atoms with van der Waals surface area (Å²) in [6.07, 6.45) is 1.75. The number of nitrogens with one attached hydrogen (secondary N) is 1. The quantitative estimate of drug-likeness (QED) is 0.340. The molecule has 1 fully saturated rings. The number of hydrogen-bond donors (Lipinski definition) is 1. The highest BCUT2D eigenvalue weighted by molar-refractivity contribution is 8.18. The SMILES string of the molecule is CCOc1cc(/C=C2/SC(=Nc3cccc(Cl)c3C)NC2=O)cc(Cl)c1OCc1ccccc1. The molecule has 174 valence electrons. The molecule has 0 atom stereocenters. The molecule has 1 heterocycles. The number of nitrogens with zero attached hydrogens (tertiary/aromatic N) is 1. The molecule has 1 N–H and O–H groups in total. The molecule has 0 radical (unpaired) electrons. The number of hydrogen-bond acceptors (Lipinski definition) is 5. The average molecular weight is 513 g/mol. The Kier molecular flexibility index (Phi) is 7.83. The maximum absolute atomic E-state index is 12.6. The Morgan fingerprint density at radius 2 is 1.82 bits per heavy atom. The van der Waals surface area contributed by atoms with E-state index >= 15 is 0 Å². The van der Waals surface area contributed by atoms with Gasteiger partial charge in [-0.1, -0.05) is 59.6 Å². The van der Waals surface area contributed by atoms with Gasteiger partial charge in [-0.15, -0.1) is 0 Å². The summed E-state index contributed by atoms with van der Waals surface area (Å²) in [6.45, 7) is 4.59. The van der Waals surface area contributed by atoms with E-state index in [4.69, 9.17) is 32.7 Å². The van der Waals surface area contributed by atoms with Crippen LogP contribution >= 0.6 is 35.0 Å². The lowest BCUT2D eigenvalue weighted by molar-refractivity contribution is -0.115. The van der Waals surface area contributed by atoms with Gasteiger partial charge in [0.05, 0.1) is 22.2 Å². The molecule has 0 aromatic heterocycles. The smallest absolute Gasteiger partial charge is 0.264 e. The summed E-state index contributed by atoms with van der Waals surface area (Å²) < 4.78 is 11.7. The third-order valence-corrected chi connectivity index (χ3v) is 6.57. The molecule has 0 bridgehead atoms. The van der Waals surface area contributed by atoms with E-state index in [0.717, 1.165) is 16.7 Å². The lowest BCUT2D eigenvalue weighted by atomic mass is 10.1. The van der Waals surface area contributed by atoms with Crippen LogP contribution in [-0.2, 0) is 11.4 Å². The van der Waals surface area contributed by atoms with Crippen LogP contribution in [0.1, 0.15) is 23.6 Å². The molecule has 4 rings (SSSR count). The van der Waals surface area contributed by atoms with Gasteiger partial charge in [-0.25, -0.2) is 4.99 Å². The summed E-state index contributed by atoms with van der Waals surface area (Å²) in [5, 5.41) is 4.31. The average Bonchev–Trinajstić information content (AvgIpc) is 3.15. The van der Waals surface area contributed by atoms with Gasteiger partial charge in [0.2, 0.25) is 0 Å². The molecular formula is C26H22Cl2N2O3S. The molecule has 0 aliphatic carbocycles. The summed E-state index contributed by atoms with van der Waals surface area (Å²) in [5.41, 5.74) is 3.30. The van der Waals surface area contributed by atoms with Gasteiger partial charge in [-0.2, -0.15) is 0 Å². The third kappa shape index (κ3) is 5.76. The lowest BCUT2D eigenvalue weighted by Crippen LogP contribution is -2.19. The molecule has 3 aromatic carbocycles. The second kappa shape index (κ2) is 11.0. The van der Waals surface area contributed by atoms with Crippen LogP contribution in [0.2, 0.25) is 10.0 Å². The molecule has 1 aliphatic rings. The van der Waals surface area contributed by atoms with Crippen LogP contribution in [0.25, 0.3) is 6.08 Å². The van der Waals surface area contributed by atoms with Crippen molar-refractivity contribution in [3.8, 4) is 11.5 Å². The van der Waals surface area contributed by atoms with Gasteiger partial charge in [0.25, 0.3) is 5.91 Å². The fraction of sp³-hybridized carbons (Fsp3) is 0.154. The largest absolute Gasteiger partial charge is 0.490 e. The topological polar surface area (TPSA) is 59.9 Å². The highest BCUT2D eigenvalue weighted by Crippen LogP contribution is 2.39. The number of amides is 1. The van der Waals surface area contributed by atoms with Gasteiger partial charge >= 0.3 is 0 Å². The van der Waals surface area contributed by atoms with E-state index in [0.29, 0.717) is 50.5 Å². The summed E-state index contributed by atoms with van der Waals surface area (Å²) >= 11 is 14.0. The first-order chi connectivity index (χ1) is 16.4. The van der Waals surface area contributed by atoms with E-state index in [1.165, 1.54) is 11.8 Å². The minimum absolute atomic E-state index is 0.234. The Balaban J connectivity index is 1.57. The normalized spacial score (nSPS) is 15.6.